The molecule has 0 unspecified atom stereocenters. The average Bonchev–Trinajstić information content (AvgIpc) is 3.10. The smallest absolute Gasteiger partial charge is 0.255 e. The number of rotatable bonds is 4. The van der Waals surface area contributed by atoms with Crippen LogP contribution in [0.5, 0.6) is 0 Å². The molecule has 0 aliphatic carbocycles. The fraction of sp³-hybridized carbons (Fsp3) is 0.190. The predicted octanol–water partition coefficient (Wildman–Crippen LogP) is 2.21. The minimum absolute atomic E-state index is 0.0159. The van der Waals surface area contributed by atoms with Gasteiger partial charge in [-0.1, -0.05) is 18.1 Å². The van der Waals surface area contributed by atoms with E-state index in [0.717, 1.165) is 11.3 Å². The van der Waals surface area contributed by atoms with E-state index in [2.05, 4.69) is 16.6 Å². The van der Waals surface area contributed by atoms with Crippen LogP contribution in [0.1, 0.15) is 33.2 Å². The third-order valence-electron chi connectivity index (χ3n) is 4.39. The summed E-state index contributed by atoms with van der Waals surface area (Å²) in [5, 5.41) is 5.36. The van der Waals surface area contributed by atoms with Crippen LogP contribution in [0.15, 0.2) is 42.5 Å². The molecule has 1 heterocycles. The third kappa shape index (κ3) is 3.82. The van der Waals surface area contributed by atoms with E-state index in [1.165, 1.54) is 6.92 Å². The molecule has 0 aromatic heterocycles. The van der Waals surface area contributed by atoms with Gasteiger partial charge in [-0.15, -0.1) is 6.42 Å². The van der Waals surface area contributed by atoms with Gasteiger partial charge in [-0.05, 0) is 42.3 Å². The number of para-hydroxylation sites is 1. The molecular weight excluding hydrogens is 342 g/mol. The third-order valence-corrected chi connectivity index (χ3v) is 4.39. The number of benzene rings is 2. The summed E-state index contributed by atoms with van der Waals surface area (Å²) in [6.45, 7) is 2.25. The Morgan fingerprint density at radius 3 is 2.67 bits per heavy atom. The van der Waals surface area contributed by atoms with Gasteiger partial charge in [0, 0.05) is 24.7 Å². The number of amides is 3. The number of hydrogen-bond acceptors (Lipinski definition) is 3. The van der Waals surface area contributed by atoms with E-state index in [0.29, 0.717) is 29.8 Å². The Bertz CT molecular complexity index is 959. The second kappa shape index (κ2) is 7.75. The van der Waals surface area contributed by atoms with E-state index in [4.69, 9.17) is 6.42 Å². The van der Waals surface area contributed by atoms with E-state index in [1.807, 2.05) is 0 Å². The summed E-state index contributed by atoms with van der Waals surface area (Å²) >= 11 is 0. The minimum Gasteiger partial charge on any atom is -0.341 e. The zero-order valence-electron chi connectivity index (χ0n) is 14.9. The lowest BCUT2D eigenvalue weighted by atomic mass is 10.1. The maximum atomic E-state index is 12.7. The topological polar surface area (TPSA) is 78.5 Å². The number of fused-ring (bicyclic) bond motifs is 1. The van der Waals surface area contributed by atoms with Crippen LogP contribution in [0.4, 0.5) is 11.4 Å². The molecule has 2 N–H and O–H groups in total. The van der Waals surface area contributed by atoms with Gasteiger partial charge in [0.15, 0.2) is 0 Å². The molecule has 2 aromatic carbocycles. The number of terminal acetylenes is 1. The van der Waals surface area contributed by atoms with Gasteiger partial charge < -0.3 is 15.5 Å². The first-order chi connectivity index (χ1) is 13.0. The molecule has 0 spiro atoms. The molecule has 136 valence electrons. The van der Waals surface area contributed by atoms with Crippen molar-refractivity contribution in [1.82, 2.24) is 5.32 Å². The van der Waals surface area contributed by atoms with Gasteiger partial charge in [0.1, 0.15) is 0 Å². The molecule has 0 saturated heterocycles. The van der Waals surface area contributed by atoms with Crippen molar-refractivity contribution in [3.8, 4) is 12.3 Å². The molecule has 6 heteroatoms. The molecule has 0 atom stereocenters. The largest absolute Gasteiger partial charge is 0.341 e. The van der Waals surface area contributed by atoms with Crippen molar-refractivity contribution in [2.75, 3.05) is 23.3 Å². The second-order valence-electron chi connectivity index (χ2n) is 6.15. The zero-order valence-corrected chi connectivity index (χ0v) is 14.9. The highest BCUT2D eigenvalue weighted by Crippen LogP contribution is 2.29. The first-order valence-corrected chi connectivity index (χ1v) is 8.54. The van der Waals surface area contributed by atoms with Gasteiger partial charge >= 0.3 is 0 Å². The molecule has 0 bridgehead atoms. The summed E-state index contributed by atoms with van der Waals surface area (Å²) in [5.74, 6) is 1.65. The summed E-state index contributed by atoms with van der Waals surface area (Å²) in [5.41, 5.74) is 3.01. The SMILES string of the molecule is C#CCNC(=O)c1ccccc1NC(=O)c1ccc2c(c1)CCN2C(C)=O. The Morgan fingerprint density at radius 1 is 1.15 bits per heavy atom. The molecule has 27 heavy (non-hydrogen) atoms. The number of hydrogen-bond donors (Lipinski definition) is 2. The molecule has 0 radical (unpaired) electrons. The molecule has 0 saturated carbocycles. The molecule has 2 aromatic rings. The Morgan fingerprint density at radius 2 is 1.93 bits per heavy atom. The first kappa shape index (κ1) is 18.2. The van der Waals surface area contributed by atoms with Crippen molar-refractivity contribution in [2.45, 2.75) is 13.3 Å². The van der Waals surface area contributed by atoms with Crippen molar-refractivity contribution in [1.29, 1.82) is 0 Å². The molecule has 1 aliphatic heterocycles. The summed E-state index contributed by atoms with van der Waals surface area (Å²) in [6.07, 6.45) is 5.87. The van der Waals surface area contributed by atoms with Crippen LogP contribution < -0.4 is 15.5 Å². The maximum Gasteiger partial charge on any atom is 0.255 e. The van der Waals surface area contributed by atoms with E-state index in [-0.39, 0.29) is 24.3 Å². The van der Waals surface area contributed by atoms with Crippen LogP contribution in [0.3, 0.4) is 0 Å². The Balaban J connectivity index is 1.80. The number of anilines is 2. The van der Waals surface area contributed by atoms with Crippen LogP contribution in [0.2, 0.25) is 0 Å². The number of carbonyl (C=O) groups excluding carboxylic acids is 3. The number of nitrogens with zero attached hydrogens (tertiary/aromatic N) is 1. The van der Waals surface area contributed by atoms with Crippen LogP contribution in [0.25, 0.3) is 0 Å². The lowest BCUT2D eigenvalue weighted by molar-refractivity contribution is -0.116. The molecule has 1 aliphatic rings. The Kier molecular flexibility index (Phi) is 5.23. The normalized spacial score (nSPS) is 12.1. The van der Waals surface area contributed by atoms with Crippen molar-refractivity contribution in [3.05, 3.63) is 59.2 Å². The summed E-state index contributed by atoms with van der Waals surface area (Å²) in [6, 6.07) is 12.0. The van der Waals surface area contributed by atoms with Gasteiger partial charge in [-0.2, -0.15) is 0 Å². The summed E-state index contributed by atoms with van der Waals surface area (Å²) < 4.78 is 0. The maximum absolute atomic E-state index is 12.7. The monoisotopic (exact) mass is 361 g/mol. The highest BCUT2D eigenvalue weighted by molar-refractivity contribution is 6.09. The fourth-order valence-corrected chi connectivity index (χ4v) is 3.08. The molecule has 3 rings (SSSR count). The number of nitrogens with one attached hydrogen (secondary N) is 2. The lowest BCUT2D eigenvalue weighted by Gasteiger charge is -2.15. The van der Waals surface area contributed by atoms with Crippen molar-refractivity contribution >= 4 is 29.1 Å². The van der Waals surface area contributed by atoms with E-state index in [1.54, 1.807) is 47.4 Å². The second-order valence-corrected chi connectivity index (χ2v) is 6.15. The Hall–Kier alpha value is -3.59. The fourth-order valence-electron chi connectivity index (χ4n) is 3.08. The van der Waals surface area contributed by atoms with Crippen LogP contribution in [-0.4, -0.2) is 30.8 Å². The van der Waals surface area contributed by atoms with Gasteiger partial charge in [-0.25, -0.2) is 0 Å². The van der Waals surface area contributed by atoms with Crippen molar-refractivity contribution in [3.63, 3.8) is 0 Å². The average molecular weight is 361 g/mol. The van der Waals surface area contributed by atoms with Crippen LogP contribution in [0, 0.1) is 12.3 Å². The van der Waals surface area contributed by atoms with Crippen LogP contribution >= 0.6 is 0 Å². The summed E-state index contributed by atoms with van der Waals surface area (Å²) in [4.78, 5) is 38.2. The first-order valence-electron chi connectivity index (χ1n) is 8.54. The predicted molar refractivity (Wildman–Crippen MR) is 104 cm³/mol. The van der Waals surface area contributed by atoms with E-state index in [9.17, 15) is 14.4 Å². The van der Waals surface area contributed by atoms with E-state index < -0.39 is 0 Å². The summed E-state index contributed by atoms with van der Waals surface area (Å²) in [7, 11) is 0. The highest BCUT2D eigenvalue weighted by Gasteiger charge is 2.23. The van der Waals surface area contributed by atoms with E-state index >= 15 is 0 Å². The standard InChI is InChI=1S/C21H19N3O3/c1-3-11-22-21(27)17-6-4-5-7-18(17)23-20(26)16-8-9-19-15(13-16)10-12-24(19)14(2)25/h1,4-9,13H,10-12H2,2H3,(H,22,27)(H,23,26). The molecule has 0 fully saturated rings. The van der Waals surface area contributed by atoms with Crippen LogP contribution in [-0.2, 0) is 11.2 Å². The minimum atomic E-state index is -0.352. The van der Waals surface area contributed by atoms with Gasteiger partial charge in [0.05, 0.1) is 17.8 Å². The zero-order chi connectivity index (χ0) is 19.4. The van der Waals surface area contributed by atoms with Gasteiger partial charge in [-0.3, -0.25) is 14.4 Å². The quantitative estimate of drug-likeness (QED) is 0.820. The highest BCUT2D eigenvalue weighted by atomic mass is 16.2. The van der Waals surface area contributed by atoms with Crippen molar-refractivity contribution in [2.24, 2.45) is 0 Å². The van der Waals surface area contributed by atoms with Crippen molar-refractivity contribution < 1.29 is 14.4 Å². The molecular formula is C21H19N3O3. The molecule has 3 amide bonds. The lowest BCUT2D eigenvalue weighted by Crippen LogP contribution is -2.26. The Labute approximate surface area is 157 Å². The van der Waals surface area contributed by atoms with Gasteiger partial charge in [0.2, 0.25) is 5.91 Å². The molecule has 6 nitrogen and oxygen atoms in total. The van der Waals surface area contributed by atoms with Gasteiger partial charge in [0.25, 0.3) is 11.8 Å². The number of carbonyl (C=O) groups is 3.